The third-order valence-corrected chi connectivity index (χ3v) is 5.78. The van der Waals surface area contributed by atoms with Crippen molar-refractivity contribution in [3.05, 3.63) is 81.3 Å². The second kappa shape index (κ2) is 8.61. The first-order chi connectivity index (χ1) is 15.6. The van der Waals surface area contributed by atoms with Gasteiger partial charge < -0.3 is 10.1 Å². The van der Waals surface area contributed by atoms with Gasteiger partial charge in [-0.3, -0.25) is 4.90 Å². The van der Waals surface area contributed by atoms with Crippen molar-refractivity contribution >= 4 is 46.6 Å². The Morgan fingerprint density at radius 1 is 1.06 bits per heavy atom. The zero-order valence-corrected chi connectivity index (χ0v) is 18.5. The predicted octanol–water partition coefficient (Wildman–Crippen LogP) is 6.83. The van der Waals surface area contributed by atoms with Crippen LogP contribution in [0.5, 0.6) is 0 Å². The van der Waals surface area contributed by atoms with E-state index >= 15 is 0 Å². The topological polar surface area (TPSA) is 58.6 Å². The van der Waals surface area contributed by atoms with Crippen LogP contribution < -0.4 is 10.2 Å². The van der Waals surface area contributed by atoms with Crippen LogP contribution in [0, 0.1) is 0 Å². The molecule has 1 N–H and O–H groups in total. The van der Waals surface area contributed by atoms with Crippen molar-refractivity contribution < 1.29 is 27.5 Å². The Kier molecular flexibility index (Phi) is 5.99. The quantitative estimate of drug-likeness (QED) is 0.406. The maximum absolute atomic E-state index is 13.3. The molecular weight excluding hydrogens is 480 g/mol. The van der Waals surface area contributed by atoms with Gasteiger partial charge in [-0.15, -0.1) is 0 Å². The number of para-hydroxylation sites is 1. The fourth-order valence-electron chi connectivity index (χ4n) is 3.68. The number of carbonyl (C=O) groups is 2. The van der Waals surface area contributed by atoms with E-state index in [2.05, 4.69) is 5.32 Å². The molecule has 0 aliphatic carbocycles. The molecule has 0 spiro atoms. The number of benzene rings is 3. The van der Waals surface area contributed by atoms with Gasteiger partial charge in [-0.25, -0.2) is 9.59 Å². The smallest absolute Gasteiger partial charge is 0.416 e. The fourth-order valence-corrected chi connectivity index (χ4v) is 4.24. The highest BCUT2D eigenvalue weighted by atomic mass is 35.5. The number of rotatable bonds is 3. The summed E-state index contributed by atoms with van der Waals surface area (Å²) in [5, 5.41) is 3.04. The second-order valence-corrected chi connectivity index (χ2v) is 7.97. The van der Waals surface area contributed by atoms with Crippen LogP contribution in [0.3, 0.4) is 0 Å². The van der Waals surface area contributed by atoms with E-state index in [4.69, 9.17) is 27.9 Å². The summed E-state index contributed by atoms with van der Waals surface area (Å²) in [5.74, 6) is -0.720. The van der Waals surface area contributed by atoms with E-state index in [1.165, 1.54) is 36.3 Å². The zero-order chi connectivity index (χ0) is 23.9. The summed E-state index contributed by atoms with van der Waals surface area (Å²) in [5.41, 5.74) is 0.660. The Morgan fingerprint density at radius 2 is 1.73 bits per heavy atom. The van der Waals surface area contributed by atoms with Crippen LogP contribution in [0.25, 0.3) is 11.1 Å². The minimum atomic E-state index is -4.55. The lowest BCUT2D eigenvalue weighted by atomic mass is 9.92. The van der Waals surface area contributed by atoms with Crippen LogP contribution >= 0.6 is 23.2 Å². The summed E-state index contributed by atoms with van der Waals surface area (Å²) >= 11 is 12.7. The molecule has 0 bridgehead atoms. The number of alkyl halides is 3. The summed E-state index contributed by atoms with van der Waals surface area (Å²) in [7, 11) is 1.18. The fraction of sp³-hybridized carbons (Fsp3) is 0.130. The number of halogens is 5. The van der Waals surface area contributed by atoms with Gasteiger partial charge in [0.15, 0.2) is 0 Å². The highest BCUT2D eigenvalue weighted by Crippen LogP contribution is 2.44. The molecule has 0 fully saturated rings. The van der Waals surface area contributed by atoms with Crippen LogP contribution in [0.4, 0.5) is 29.3 Å². The van der Waals surface area contributed by atoms with Crippen molar-refractivity contribution in [2.45, 2.75) is 12.7 Å². The maximum Gasteiger partial charge on any atom is 0.416 e. The van der Waals surface area contributed by atoms with Gasteiger partial charge in [0.2, 0.25) is 0 Å². The Hall–Kier alpha value is -3.23. The predicted molar refractivity (Wildman–Crippen MR) is 119 cm³/mol. The van der Waals surface area contributed by atoms with Gasteiger partial charge in [0.1, 0.15) is 0 Å². The molecule has 0 unspecified atom stereocenters. The van der Waals surface area contributed by atoms with E-state index in [1.54, 1.807) is 18.2 Å². The lowest BCUT2D eigenvalue weighted by molar-refractivity contribution is -0.137. The summed E-state index contributed by atoms with van der Waals surface area (Å²) in [6.07, 6.45) is -4.55. The van der Waals surface area contributed by atoms with Gasteiger partial charge in [0, 0.05) is 12.1 Å². The number of fused-ring (bicyclic) bond motifs is 1. The van der Waals surface area contributed by atoms with Crippen LogP contribution in [0.2, 0.25) is 10.0 Å². The van der Waals surface area contributed by atoms with Crippen LogP contribution in [0.15, 0.2) is 54.6 Å². The van der Waals surface area contributed by atoms with Crippen molar-refractivity contribution in [3.8, 4) is 11.1 Å². The molecule has 1 aliphatic heterocycles. The number of esters is 1. The lowest BCUT2D eigenvalue weighted by Crippen LogP contribution is -2.41. The first-order valence-corrected chi connectivity index (χ1v) is 10.3. The first kappa shape index (κ1) is 22.9. The van der Waals surface area contributed by atoms with Gasteiger partial charge in [0.25, 0.3) is 0 Å². The number of ether oxygens (including phenoxy) is 1. The first-order valence-electron chi connectivity index (χ1n) is 9.56. The number of hydrogen-bond acceptors (Lipinski definition) is 3. The van der Waals surface area contributed by atoms with Gasteiger partial charge in [0.05, 0.1) is 39.7 Å². The Morgan fingerprint density at radius 3 is 2.36 bits per heavy atom. The van der Waals surface area contributed by atoms with E-state index in [0.29, 0.717) is 11.1 Å². The number of methoxy groups -OCH3 is 1. The van der Waals surface area contributed by atoms with Crippen LogP contribution in [0.1, 0.15) is 21.5 Å². The summed E-state index contributed by atoms with van der Waals surface area (Å²) in [6, 6.07) is 11.7. The van der Waals surface area contributed by atoms with Crippen LogP contribution in [-0.2, 0) is 17.5 Å². The molecule has 5 nitrogen and oxygen atoms in total. The summed E-state index contributed by atoms with van der Waals surface area (Å²) in [4.78, 5) is 26.5. The molecule has 4 rings (SSSR count). The minimum Gasteiger partial charge on any atom is -0.465 e. The average Bonchev–Trinajstić information content (AvgIpc) is 2.78. The summed E-state index contributed by atoms with van der Waals surface area (Å²) in [6.45, 7) is 0.0137. The maximum atomic E-state index is 13.3. The molecule has 33 heavy (non-hydrogen) atoms. The third-order valence-electron chi connectivity index (χ3n) is 5.17. The highest BCUT2D eigenvalue weighted by Gasteiger charge is 2.33. The minimum absolute atomic E-state index is 0.0137. The van der Waals surface area contributed by atoms with Gasteiger partial charge in [-0.1, -0.05) is 41.4 Å². The molecule has 1 heterocycles. The average molecular weight is 495 g/mol. The molecular formula is C23H15Cl2F3N2O3. The molecule has 1 aliphatic rings. The molecule has 0 saturated heterocycles. The molecule has 10 heteroatoms. The standard InChI is InChI=1S/C23H15Cl2F3N2O3/c1-33-21(31)13-9-15(12-4-2-5-14(8-12)23(26,27)28)16-11-29-22(32)30(19(16)10-13)20-17(24)6-3-7-18(20)25/h2-10H,11H2,1H3,(H,29,32). The van der Waals surface area contributed by atoms with Crippen molar-refractivity contribution in [1.82, 2.24) is 5.32 Å². The molecule has 0 radical (unpaired) electrons. The Bertz CT molecular complexity index is 1260. The molecule has 0 atom stereocenters. The van der Waals surface area contributed by atoms with Gasteiger partial charge in [-0.2, -0.15) is 13.2 Å². The summed E-state index contributed by atoms with van der Waals surface area (Å²) < 4.78 is 44.8. The molecule has 0 saturated carbocycles. The van der Waals surface area contributed by atoms with E-state index in [-0.39, 0.29) is 39.1 Å². The number of nitrogens with one attached hydrogen (secondary N) is 1. The lowest BCUT2D eigenvalue weighted by Gasteiger charge is -2.33. The Balaban J connectivity index is 2.01. The van der Waals surface area contributed by atoms with E-state index in [0.717, 1.165) is 12.1 Å². The van der Waals surface area contributed by atoms with E-state index in [9.17, 15) is 22.8 Å². The van der Waals surface area contributed by atoms with Crippen LogP contribution in [-0.4, -0.2) is 19.1 Å². The largest absolute Gasteiger partial charge is 0.465 e. The zero-order valence-electron chi connectivity index (χ0n) is 17.0. The van der Waals surface area contributed by atoms with E-state index in [1.807, 2.05) is 0 Å². The number of anilines is 2. The second-order valence-electron chi connectivity index (χ2n) is 7.16. The number of nitrogens with zero attached hydrogens (tertiary/aromatic N) is 1. The number of urea groups is 1. The van der Waals surface area contributed by atoms with Crippen molar-refractivity contribution in [1.29, 1.82) is 0 Å². The number of amides is 2. The number of hydrogen-bond donors (Lipinski definition) is 1. The third kappa shape index (κ3) is 4.24. The highest BCUT2D eigenvalue weighted by molar-refractivity contribution is 6.40. The van der Waals surface area contributed by atoms with Gasteiger partial charge >= 0.3 is 18.2 Å². The van der Waals surface area contributed by atoms with Crippen molar-refractivity contribution in [3.63, 3.8) is 0 Å². The monoisotopic (exact) mass is 494 g/mol. The molecule has 2 amide bonds. The Labute approximate surface area is 196 Å². The van der Waals surface area contributed by atoms with E-state index < -0.39 is 23.7 Å². The normalized spacial score (nSPS) is 13.4. The molecule has 170 valence electrons. The van der Waals surface area contributed by atoms with Crippen molar-refractivity contribution in [2.24, 2.45) is 0 Å². The molecule has 3 aromatic rings. The van der Waals surface area contributed by atoms with Gasteiger partial charge in [-0.05, 0) is 47.5 Å². The SMILES string of the molecule is COC(=O)c1cc(-c2cccc(C(F)(F)F)c2)c2c(c1)N(c1c(Cl)cccc1Cl)C(=O)NC2. The van der Waals surface area contributed by atoms with Crippen molar-refractivity contribution in [2.75, 3.05) is 12.0 Å². The number of carbonyl (C=O) groups excluding carboxylic acids is 2. The molecule has 0 aromatic heterocycles. The molecule has 3 aromatic carbocycles.